The Balaban J connectivity index is 1.94. The summed E-state index contributed by atoms with van der Waals surface area (Å²) in [6, 6.07) is 11.3. The molecule has 0 aromatic heterocycles. The van der Waals surface area contributed by atoms with Gasteiger partial charge in [0.25, 0.3) is 0 Å². The molecule has 0 spiro atoms. The Morgan fingerprint density at radius 3 is 2.50 bits per heavy atom. The lowest BCUT2D eigenvalue weighted by Gasteiger charge is -2.31. The van der Waals surface area contributed by atoms with Crippen molar-refractivity contribution in [3.05, 3.63) is 64.7 Å². The van der Waals surface area contributed by atoms with Crippen molar-refractivity contribution in [3.63, 3.8) is 0 Å². The van der Waals surface area contributed by atoms with Gasteiger partial charge >= 0.3 is 0 Å². The summed E-state index contributed by atoms with van der Waals surface area (Å²) in [4.78, 5) is 1.88. The Morgan fingerprint density at radius 1 is 1.00 bits per heavy atom. The van der Waals surface area contributed by atoms with Crippen molar-refractivity contribution in [3.8, 4) is 0 Å². The summed E-state index contributed by atoms with van der Waals surface area (Å²) in [6.45, 7) is 1.30. The number of halogens is 2. The van der Waals surface area contributed by atoms with Crippen LogP contribution < -0.4 is 10.6 Å². The van der Waals surface area contributed by atoms with Crippen molar-refractivity contribution >= 4 is 5.69 Å². The van der Waals surface area contributed by atoms with Gasteiger partial charge in [-0.1, -0.05) is 30.3 Å². The summed E-state index contributed by atoms with van der Waals surface area (Å²) in [5, 5.41) is 0. The molecule has 4 heteroatoms. The van der Waals surface area contributed by atoms with Gasteiger partial charge in [-0.05, 0) is 23.6 Å². The van der Waals surface area contributed by atoms with Crippen molar-refractivity contribution in [2.45, 2.75) is 19.5 Å². The second-order valence-corrected chi connectivity index (χ2v) is 5.02. The maximum atomic E-state index is 14.1. The predicted octanol–water partition coefficient (Wildman–Crippen LogP) is 2.99. The number of hydrogen-bond acceptors (Lipinski definition) is 2. The van der Waals surface area contributed by atoms with Crippen molar-refractivity contribution in [2.24, 2.45) is 5.73 Å². The number of benzene rings is 2. The summed E-state index contributed by atoms with van der Waals surface area (Å²) in [6.07, 6.45) is 0.843. The quantitative estimate of drug-likeness (QED) is 0.912. The van der Waals surface area contributed by atoms with Crippen LogP contribution >= 0.6 is 0 Å². The molecule has 0 aliphatic carbocycles. The molecule has 20 heavy (non-hydrogen) atoms. The smallest absolute Gasteiger partial charge is 0.182 e. The Hall–Kier alpha value is -1.94. The molecule has 2 N–H and O–H groups in total. The third-order valence-corrected chi connectivity index (χ3v) is 3.83. The molecular weight excluding hydrogens is 258 g/mol. The van der Waals surface area contributed by atoms with E-state index >= 15 is 0 Å². The molecule has 0 amide bonds. The Morgan fingerprint density at radius 2 is 1.75 bits per heavy atom. The first kappa shape index (κ1) is 13.1. The van der Waals surface area contributed by atoms with E-state index in [4.69, 9.17) is 5.73 Å². The summed E-state index contributed by atoms with van der Waals surface area (Å²) < 4.78 is 28.0. The standard InChI is InChI=1S/C16H16F2N2/c17-15-12(9-19)5-6-14(16(15)18)20-8-7-11-3-1-2-4-13(11)10-20/h1-6H,7-10,19H2. The molecule has 1 heterocycles. The molecule has 2 aromatic rings. The van der Waals surface area contributed by atoms with Gasteiger partial charge in [0.05, 0.1) is 5.69 Å². The van der Waals surface area contributed by atoms with Crippen molar-refractivity contribution in [1.82, 2.24) is 0 Å². The molecule has 104 valence electrons. The third-order valence-electron chi connectivity index (χ3n) is 3.83. The van der Waals surface area contributed by atoms with E-state index in [9.17, 15) is 8.78 Å². The zero-order valence-corrected chi connectivity index (χ0v) is 11.1. The maximum absolute atomic E-state index is 14.1. The van der Waals surface area contributed by atoms with Crippen LogP contribution in [0.5, 0.6) is 0 Å². The van der Waals surface area contributed by atoms with E-state index in [2.05, 4.69) is 6.07 Å². The van der Waals surface area contributed by atoms with Crippen LogP contribution in [0.15, 0.2) is 36.4 Å². The highest BCUT2D eigenvalue weighted by Crippen LogP contribution is 2.28. The summed E-state index contributed by atoms with van der Waals surface area (Å²) in [7, 11) is 0. The second-order valence-electron chi connectivity index (χ2n) is 5.02. The van der Waals surface area contributed by atoms with Crippen LogP contribution in [0, 0.1) is 11.6 Å². The molecule has 0 saturated heterocycles. The van der Waals surface area contributed by atoms with Crippen LogP contribution in [0.25, 0.3) is 0 Å². The molecule has 0 bridgehead atoms. The van der Waals surface area contributed by atoms with E-state index in [-0.39, 0.29) is 12.1 Å². The lowest BCUT2D eigenvalue weighted by molar-refractivity contribution is 0.495. The van der Waals surface area contributed by atoms with E-state index in [1.165, 1.54) is 11.1 Å². The van der Waals surface area contributed by atoms with E-state index < -0.39 is 11.6 Å². The fourth-order valence-corrected chi connectivity index (χ4v) is 2.68. The van der Waals surface area contributed by atoms with Gasteiger partial charge < -0.3 is 10.6 Å². The molecule has 0 atom stereocenters. The maximum Gasteiger partial charge on any atom is 0.182 e. The minimum Gasteiger partial charge on any atom is -0.364 e. The molecule has 1 aliphatic rings. The fourth-order valence-electron chi connectivity index (χ4n) is 2.68. The molecule has 1 aliphatic heterocycles. The van der Waals surface area contributed by atoms with Crippen molar-refractivity contribution in [1.29, 1.82) is 0 Å². The first-order valence-corrected chi connectivity index (χ1v) is 6.69. The normalized spacial score (nSPS) is 14.2. The Kier molecular flexibility index (Phi) is 3.40. The van der Waals surface area contributed by atoms with Crippen LogP contribution in [0.3, 0.4) is 0 Å². The number of nitrogens with two attached hydrogens (primary N) is 1. The highest BCUT2D eigenvalue weighted by Gasteiger charge is 2.21. The average molecular weight is 274 g/mol. The van der Waals surface area contributed by atoms with Gasteiger partial charge in [-0.15, -0.1) is 0 Å². The van der Waals surface area contributed by atoms with Crippen LogP contribution in [0.2, 0.25) is 0 Å². The number of anilines is 1. The molecule has 0 saturated carbocycles. The van der Waals surface area contributed by atoms with Gasteiger partial charge in [-0.2, -0.15) is 0 Å². The van der Waals surface area contributed by atoms with Gasteiger partial charge in [0.1, 0.15) is 0 Å². The second kappa shape index (κ2) is 5.21. The third kappa shape index (κ3) is 2.16. The molecule has 3 rings (SSSR count). The first-order valence-electron chi connectivity index (χ1n) is 6.69. The molecule has 0 fully saturated rings. The largest absolute Gasteiger partial charge is 0.364 e. The average Bonchev–Trinajstić information content (AvgIpc) is 2.49. The van der Waals surface area contributed by atoms with Gasteiger partial charge in [0.15, 0.2) is 11.6 Å². The number of fused-ring (bicyclic) bond motifs is 1. The van der Waals surface area contributed by atoms with Crippen LogP contribution in [0.1, 0.15) is 16.7 Å². The minimum atomic E-state index is -0.830. The Bertz CT molecular complexity index is 640. The van der Waals surface area contributed by atoms with Gasteiger partial charge in [0, 0.05) is 25.2 Å². The number of rotatable bonds is 2. The monoisotopic (exact) mass is 274 g/mol. The van der Waals surface area contributed by atoms with Crippen LogP contribution in [-0.2, 0) is 19.5 Å². The summed E-state index contributed by atoms with van der Waals surface area (Å²) in [5.74, 6) is -1.63. The van der Waals surface area contributed by atoms with Crippen molar-refractivity contribution in [2.75, 3.05) is 11.4 Å². The van der Waals surface area contributed by atoms with E-state index in [0.29, 0.717) is 18.8 Å². The minimum absolute atomic E-state index is 0.00582. The molecule has 2 aromatic carbocycles. The zero-order valence-electron chi connectivity index (χ0n) is 11.1. The number of nitrogens with zero attached hydrogens (tertiary/aromatic N) is 1. The molecule has 2 nitrogen and oxygen atoms in total. The van der Waals surface area contributed by atoms with Crippen molar-refractivity contribution < 1.29 is 8.78 Å². The lowest BCUT2D eigenvalue weighted by atomic mass is 9.99. The van der Waals surface area contributed by atoms with E-state index in [1.54, 1.807) is 12.1 Å². The molecule has 0 unspecified atom stereocenters. The number of hydrogen-bond donors (Lipinski definition) is 1. The first-order chi connectivity index (χ1) is 9.70. The molecular formula is C16H16F2N2. The van der Waals surface area contributed by atoms with Gasteiger partial charge in [0.2, 0.25) is 0 Å². The summed E-state index contributed by atoms with van der Waals surface area (Å²) in [5.41, 5.74) is 8.37. The fraction of sp³-hybridized carbons (Fsp3) is 0.250. The van der Waals surface area contributed by atoms with Gasteiger partial charge in [-0.3, -0.25) is 0 Å². The SMILES string of the molecule is NCc1ccc(N2CCc3ccccc3C2)c(F)c1F. The van der Waals surface area contributed by atoms with E-state index in [1.807, 2.05) is 23.1 Å². The van der Waals surface area contributed by atoms with Crippen LogP contribution in [0.4, 0.5) is 14.5 Å². The Labute approximate surface area is 116 Å². The predicted molar refractivity (Wildman–Crippen MR) is 75.4 cm³/mol. The van der Waals surface area contributed by atoms with Gasteiger partial charge in [-0.25, -0.2) is 8.78 Å². The molecule has 0 radical (unpaired) electrons. The van der Waals surface area contributed by atoms with E-state index in [0.717, 1.165) is 6.42 Å². The highest BCUT2D eigenvalue weighted by molar-refractivity contribution is 5.52. The lowest BCUT2D eigenvalue weighted by Crippen LogP contribution is -2.31. The topological polar surface area (TPSA) is 29.3 Å². The zero-order chi connectivity index (χ0) is 14.1. The van der Waals surface area contributed by atoms with Crippen LogP contribution in [-0.4, -0.2) is 6.54 Å². The summed E-state index contributed by atoms with van der Waals surface area (Å²) >= 11 is 0. The highest BCUT2D eigenvalue weighted by atomic mass is 19.2.